The van der Waals surface area contributed by atoms with Crippen molar-refractivity contribution in [3.8, 4) is 5.75 Å². The average molecular weight is 257 g/mol. The van der Waals surface area contributed by atoms with Crippen molar-refractivity contribution in [2.24, 2.45) is 5.73 Å². The van der Waals surface area contributed by atoms with Crippen LogP contribution in [0.15, 0.2) is 18.2 Å². The summed E-state index contributed by atoms with van der Waals surface area (Å²) in [5.74, 6) is 0.798. The van der Waals surface area contributed by atoms with Crippen molar-refractivity contribution in [1.82, 2.24) is 4.90 Å². The molecular weight excluding hydrogens is 236 g/mol. The number of likely N-dealkylation sites (N-methyl/N-ethyl adjacent to an activating group) is 1. The van der Waals surface area contributed by atoms with Gasteiger partial charge in [-0.3, -0.25) is 0 Å². The Bertz CT molecular complexity index is 340. The maximum atomic E-state index is 6.06. The Morgan fingerprint density at radius 3 is 2.59 bits per heavy atom. The van der Waals surface area contributed by atoms with Crippen LogP contribution in [0.1, 0.15) is 19.4 Å². The van der Waals surface area contributed by atoms with Gasteiger partial charge in [-0.25, -0.2) is 0 Å². The number of halogens is 1. The van der Waals surface area contributed by atoms with Crippen molar-refractivity contribution in [3.63, 3.8) is 0 Å². The van der Waals surface area contributed by atoms with Gasteiger partial charge in [0, 0.05) is 23.7 Å². The van der Waals surface area contributed by atoms with Crippen molar-refractivity contribution in [2.75, 3.05) is 26.2 Å². The molecule has 0 aliphatic carbocycles. The molecule has 17 heavy (non-hydrogen) atoms. The SMILES string of the molecule is CCN(CC)CCOc1cccc(Cl)c1CN. The van der Waals surface area contributed by atoms with Crippen molar-refractivity contribution in [2.45, 2.75) is 20.4 Å². The third-order valence-corrected chi connectivity index (χ3v) is 3.19. The minimum Gasteiger partial charge on any atom is -0.492 e. The summed E-state index contributed by atoms with van der Waals surface area (Å²) in [6.07, 6.45) is 0. The highest BCUT2D eigenvalue weighted by molar-refractivity contribution is 6.31. The summed E-state index contributed by atoms with van der Waals surface area (Å²) in [7, 11) is 0. The van der Waals surface area contributed by atoms with Crippen LogP contribution in [-0.2, 0) is 6.54 Å². The predicted molar refractivity (Wildman–Crippen MR) is 72.6 cm³/mol. The van der Waals surface area contributed by atoms with Gasteiger partial charge >= 0.3 is 0 Å². The molecule has 0 aliphatic heterocycles. The topological polar surface area (TPSA) is 38.5 Å². The second kappa shape index (κ2) is 7.54. The first-order chi connectivity index (χ1) is 8.22. The van der Waals surface area contributed by atoms with Gasteiger partial charge in [0.1, 0.15) is 12.4 Å². The van der Waals surface area contributed by atoms with Crippen LogP contribution >= 0.6 is 11.6 Å². The van der Waals surface area contributed by atoms with E-state index in [4.69, 9.17) is 22.1 Å². The summed E-state index contributed by atoms with van der Waals surface area (Å²) < 4.78 is 5.74. The Morgan fingerprint density at radius 1 is 1.29 bits per heavy atom. The van der Waals surface area contributed by atoms with Gasteiger partial charge < -0.3 is 15.4 Å². The van der Waals surface area contributed by atoms with Crippen LogP contribution in [-0.4, -0.2) is 31.1 Å². The van der Waals surface area contributed by atoms with Gasteiger partial charge in [0.2, 0.25) is 0 Å². The molecule has 0 atom stereocenters. The Balaban J connectivity index is 2.54. The Labute approximate surface area is 109 Å². The van der Waals surface area contributed by atoms with Crippen molar-refractivity contribution < 1.29 is 4.74 Å². The van der Waals surface area contributed by atoms with Crippen LogP contribution in [0, 0.1) is 0 Å². The number of nitrogens with zero attached hydrogens (tertiary/aromatic N) is 1. The molecule has 1 aromatic rings. The summed E-state index contributed by atoms with van der Waals surface area (Å²) in [6, 6.07) is 5.63. The monoisotopic (exact) mass is 256 g/mol. The molecule has 0 fully saturated rings. The number of hydrogen-bond acceptors (Lipinski definition) is 3. The molecule has 0 heterocycles. The Morgan fingerprint density at radius 2 is 2.00 bits per heavy atom. The Hall–Kier alpha value is -0.770. The van der Waals surface area contributed by atoms with Crippen LogP contribution in [0.4, 0.5) is 0 Å². The highest BCUT2D eigenvalue weighted by atomic mass is 35.5. The highest BCUT2D eigenvalue weighted by Gasteiger charge is 2.06. The van der Waals surface area contributed by atoms with Gasteiger partial charge in [0.15, 0.2) is 0 Å². The second-order valence-corrected chi connectivity index (χ2v) is 4.20. The molecule has 3 nitrogen and oxygen atoms in total. The van der Waals surface area contributed by atoms with E-state index in [1.165, 1.54) is 0 Å². The van der Waals surface area contributed by atoms with Gasteiger partial charge in [-0.1, -0.05) is 31.5 Å². The molecule has 0 spiro atoms. The van der Waals surface area contributed by atoms with E-state index in [-0.39, 0.29) is 0 Å². The Kier molecular flexibility index (Phi) is 6.34. The van der Waals surface area contributed by atoms with E-state index in [2.05, 4.69) is 18.7 Å². The summed E-state index contributed by atoms with van der Waals surface area (Å²) in [6.45, 7) is 8.36. The number of nitrogens with two attached hydrogens (primary N) is 1. The van der Waals surface area contributed by atoms with Gasteiger partial charge in [-0.05, 0) is 25.2 Å². The molecular formula is C13H21ClN2O. The molecule has 1 rings (SSSR count). The highest BCUT2D eigenvalue weighted by Crippen LogP contribution is 2.25. The zero-order valence-electron chi connectivity index (χ0n) is 10.6. The number of benzene rings is 1. The van der Waals surface area contributed by atoms with Crippen LogP contribution in [0.5, 0.6) is 5.75 Å². The molecule has 0 bridgehead atoms. The molecule has 0 radical (unpaired) electrons. The normalized spacial score (nSPS) is 10.9. The maximum absolute atomic E-state index is 6.06. The van der Waals surface area contributed by atoms with Crippen LogP contribution in [0.2, 0.25) is 5.02 Å². The van der Waals surface area contributed by atoms with E-state index in [1.54, 1.807) is 0 Å². The molecule has 0 aliphatic rings. The van der Waals surface area contributed by atoms with Crippen molar-refractivity contribution in [1.29, 1.82) is 0 Å². The zero-order valence-corrected chi connectivity index (χ0v) is 11.3. The van der Waals surface area contributed by atoms with Crippen LogP contribution in [0.3, 0.4) is 0 Å². The molecule has 0 aromatic heterocycles. The molecule has 2 N–H and O–H groups in total. The predicted octanol–water partition coefficient (Wildman–Crippen LogP) is 2.52. The minimum atomic E-state index is 0.403. The molecule has 0 saturated carbocycles. The molecule has 1 aromatic carbocycles. The standard InChI is InChI=1S/C13H21ClN2O/c1-3-16(4-2)8-9-17-13-7-5-6-12(14)11(13)10-15/h5-7H,3-4,8-10,15H2,1-2H3. The maximum Gasteiger partial charge on any atom is 0.125 e. The fourth-order valence-corrected chi connectivity index (χ4v) is 1.94. The summed E-state index contributed by atoms with van der Waals surface area (Å²) in [5, 5.41) is 0.674. The van der Waals surface area contributed by atoms with E-state index in [1.807, 2.05) is 18.2 Å². The van der Waals surface area contributed by atoms with Crippen LogP contribution < -0.4 is 10.5 Å². The second-order valence-electron chi connectivity index (χ2n) is 3.80. The molecule has 0 unspecified atom stereocenters. The lowest BCUT2D eigenvalue weighted by Gasteiger charge is -2.19. The summed E-state index contributed by atoms with van der Waals surface area (Å²) in [5.41, 5.74) is 6.54. The van der Waals surface area contributed by atoms with E-state index >= 15 is 0 Å². The third-order valence-electron chi connectivity index (χ3n) is 2.84. The minimum absolute atomic E-state index is 0.403. The zero-order chi connectivity index (χ0) is 12.7. The largest absolute Gasteiger partial charge is 0.492 e. The molecule has 0 saturated heterocycles. The fourth-order valence-electron chi connectivity index (χ4n) is 1.70. The average Bonchev–Trinajstić information content (AvgIpc) is 2.35. The van der Waals surface area contributed by atoms with Gasteiger partial charge in [0.05, 0.1) is 0 Å². The summed E-state index contributed by atoms with van der Waals surface area (Å²) >= 11 is 6.06. The van der Waals surface area contributed by atoms with E-state index in [9.17, 15) is 0 Å². The summed E-state index contributed by atoms with van der Waals surface area (Å²) in [4.78, 5) is 2.31. The number of rotatable bonds is 7. The van der Waals surface area contributed by atoms with Crippen molar-refractivity contribution in [3.05, 3.63) is 28.8 Å². The van der Waals surface area contributed by atoms with Crippen molar-refractivity contribution >= 4 is 11.6 Å². The lowest BCUT2D eigenvalue weighted by Crippen LogP contribution is -2.28. The first-order valence-corrected chi connectivity index (χ1v) is 6.43. The van der Waals surface area contributed by atoms with E-state index in [0.29, 0.717) is 18.2 Å². The number of hydrogen-bond donors (Lipinski definition) is 1. The fraction of sp³-hybridized carbons (Fsp3) is 0.538. The lowest BCUT2D eigenvalue weighted by molar-refractivity contribution is 0.221. The molecule has 96 valence electrons. The smallest absolute Gasteiger partial charge is 0.125 e. The third kappa shape index (κ3) is 4.19. The van der Waals surface area contributed by atoms with Gasteiger partial charge in [-0.15, -0.1) is 0 Å². The van der Waals surface area contributed by atoms with E-state index < -0.39 is 0 Å². The van der Waals surface area contributed by atoms with Gasteiger partial charge in [-0.2, -0.15) is 0 Å². The molecule has 0 amide bonds. The van der Waals surface area contributed by atoms with E-state index in [0.717, 1.165) is 30.9 Å². The van der Waals surface area contributed by atoms with Crippen LogP contribution in [0.25, 0.3) is 0 Å². The quantitative estimate of drug-likeness (QED) is 0.815. The first-order valence-electron chi connectivity index (χ1n) is 6.05. The number of ether oxygens (including phenoxy) is 1. The molecule has 4 heteroatoms. The lowest BCUT2D eigenvalue weighted by atomic mass is 10.2. The first kappa shape index (κ1) is 14.3. The van der Waals surface area contributed by atoms with Gasteiger partial charge in [0.25, 0.3) is 0 Å².